The number of carbonyl (C=O) groups excluding carboxylic acids is 1. The Morgan fingerprint density at radius 3 is 2.50 bits per heavy atom. The molecule has 26 heavy (non-hydrogen) atoms. The average Bonchev–Trinajstić information content (AvgIpc) is 3.15. The Morgan fingerprint density at radius 2 is 1.85 bits per heavy atom. The Morgan fingerprint density at radius 1 is 1.19 bits per heavy atom. The number of hydrogen-bond acceptors (Lipinski definition) is 3. The molecule has 2 atom stereocenters. The number of fused-ring (bicyclic) bond motifs is 1. The zero-order chi connectivity index (χ0) is 18.4. The number of likely N-dealkylation sites (tertiary alicyclic amines) is 1. The molecule has 2 aromatic heterocycles. The summed E-state index contributed by atoms with van der Waals surface area (Å²) >= 11 is 7.52. The normalized spacial score (nSPS) is 20.7. The van der Waals surface area contributed by atoms with Gasteiger partial charge in [-0.2, -0.15) is 5.10 Å². The summed E-state index contributed by atoms with van der Waals surface area (Å²) in [4.78, 5) is 16.9. The van der Waals surface area contributed by atoms with Crippen molar-refractivity contribution >= 4 is 39.1 Å². The van der Waals surface area contributed by atoms with Crippen LogP contribution in [0.5, 0.6) is 0 Å². The highest BCUT2D eigenvalue weighted by Crippen LogP contribution is 2.32. The van der Waals surface area contributed by atoms with Crippen molar-refractivity contribution in [2.24, 2.45) is 11.8 Å². The van der Waals surface area contributed by atoms with E-state index in [4.69, 9.17) is 11.6 Å². The highest BCUT2D eigenvalue weighted by Gasteiger charge is 2.28. The van der Waals surface area contributed by atoms with Gasteiger partial charge < -0.3 is 4.90 Å². The largest absolute Gasteiger partial charge is 0.337 e. The molecule has 1 fully saturated rings. The molecule has 3 heterocycles. The van der Waals surface area contributed by atoms with Gasteiger partial charge >= 0.3 is 0 Å². The number of amides is 1. The number of rotatable bonds is 2. The minimum Gasteiger partial charge on any atom is -0.337 e. The summed E-state index contributed by atoms with van der Waals surface area (Å²) in [7, 11) is 0. The van der Waals surface area contributed by atoms with E-state index in [1.54, 1.807) is 0 Å². The first-order valence-corrected chi connectivity index (χ1v) is 10.2. The van der Waals surface area contributed by atoms with E-state index in [1.807, 2.05) is 46.8 Å². The Bertz CT molecular complexity index is 950. The van der Waals surface area contributed by atoms with E-state index >= 15 is 0 Å². The van der Waals surface area contributed by atoms with Crippen LogP contribution in [-0.4, -0.2) is 33.7 Å². The number of halogens is 1. The van der Waals surface area contributed by atoms with Gasteiger partial charge in [-0.1, -0.05) is 25.4 Å². The van der Waals surface area contributed by atoms with E-state index in [-0.39, 0.29) is 5.91 Å². The van der Waals surface area contributed by atoms with Crippen LogP contribution in [0.4, 0.5) is 0 Å². The van der Waals surface area contributed by atoms with E-state index in [1.165, 1.54) is 17.8 Å². The highest BCUT2D eigenvalue weighted by molar-refractivity contribution is 7.20. The SMILES string of the molecule is Cc1nn(-c2ccc(Cl)cc2)c2sc(C(=O)N3C[C@H](C)C[C@H](C)C3)cc12. The number of piperidine rings is 1. The van der Waals surface area contributed by atoms with Gasteiger partial charge in [-0.3, -0.25) is 4.79 Å². The summed E-state index contributed by atoms with van der Waals surface area (Å²) in [5.74, 6) is 1.26. The number of benzene rings is 1. The molecule has 3 aromatic rings. The first-order chi connectivity index (χ1) is 12.4. The Kier molecular flexibility index (Phi) is 4.53. The predicted molar refractivity (Wildman–Crippen MR) is 108 cm³/mol. The summed E-state index contributed by atoms with van der Waals surface area (Å²) < 4.78 is 1.91. The third kappa shape index (κ3) is 3.14. The van der Waals surface area contributed by atoms with Crippen molar-refractivity contribution in [3.63, 3.8) is 0 Å². The van der Waals surface area contributed by atoms with Gasteiger partial charge in [-0.05, 0) is 55.5 Å². The van der Waals surface area contributed by atoms with E-state index in [0.717, 1.165) is 39.6 Å². The quantitative estimate of drug-likeness (QED) is 0.608. The predicted octanol–water partition coefficient (Wildman–Crippen LogP) is 5.17. The highest BCUT2D eigenvalue weighted by atomic mass is 35.5. The minimum absolute atomic E-state index is 0.145. The van der Waals surface area contributed by atoms with Crippen molar-refractivity contribution in [3.8, 4) is 5.69 Å². The fourth-order valence-corrected chi connectivity index (χ4v) is 5.17. The summed E-state index contributed by atoms with van der Waals surface area (Å²) in [6.45, 7) is 8.13. The first kappa shape index (κ1) is 17.6. The van der Waals surface area contributed by atoms with Gasteiger partial charge in [0.15, 0.2) is 0 Å². The maximum absolute atomic E-state index is 13.1. The van der Waals surface area contributed by atoms with Crippen LogP contribution in [0.1, 0.15) is 35.6 Å². The van der Waals surface area contributed by atoms with Crippen molar-refractivity contribution in [2.45, 2.75) is 27.2 Å². The zero-order valence-corrected chi connectivity index (χ0v) is 16.8. The van der Waals surface area contributed by atoms with Gasteiger partial charge in [0.2, 0.25) is 0 Å². The lowest BCUT2D eigenvalue weighted by molar-refractivity contribution is 0.0628. The third-order valence-electron chi connectivity index (χ3n) is 4.98. The summed E-state index contributed by atoms with van der Waals surface area (Å²) in [6.07, 6.45) is 1.20. The van der Waals surface area contributed by atoms with E-state index in [9.17, 15) is 4.79 Å². The fraction of sp³-hybridized carbons (Fsp3) is 0.400. The third-order valence-corrected chi connectivity index (χ3v) is 6.33. The van der Waals surface area contributed by atoms with E-state index in [2.05, 4.69) is 18.9 Å². The average molecular weight is 388 g/mol. The Labute approximate surface area is 162 Å². The van der Waals surface area contributed by atoms with Gasteiger partial charge in [0.05, 0.1) is 16.3 Å². The number of aromatic nitrogens is 2. The van der Waals surface area contributed by atoms with Crippen LogP contribution in [-0.2, 0) is 0 Å². The van der Waals surface area contributed by atoms with Gasteiger partial charge in [0.1, 0.15) is 4.83 Å². The molecule has 0 N–H and O–H groups in total. The van der Waals surface area contributed by atoms with Crippen molar-refractivity contribution < 1.29 is 4.79 Å². The van der Waals surface area contributed by atoms with Crippen LogP contribution in [0.3, 0.4) is 0 Å². The molecule has 0 bridgehead atoms. The molecular weight excluding hydrogens is 366 g/mol. The van der Waals surface area contributed by atoms with Crippen LogP contribution in [0, 0.1) is 18.8 Å². The summed E-state index contributed by atoms with van der Waals surface area (Å²) in [5.41, 5.74) is 1.89. The van der Waals surface area contributed by atoms with Crippen LogP contribution in [0.2, 0.25) is 5.02 Å². The molecule has 1 aromatic carbocycles. The molecule has 136 valence electrons. The Balaban J connectivity index is 1.70. The van der Waals surface area contributed by atoms with E-state index in [0.29, 0.717) is 16.9 Å². The van der Waals surface area contributed by atoms with Crippen LogP contribution < -0.4 is 0 Å². The molecule has 1 aliphatic rings. The molecule has 0 spiro atoms. The summed E-state index contributed by atoms with van der Waals surface area (Å²) in [6, 6.07) is 9.61. The molecule has 4 nitrogen and oxygen atoms in total. The first-order valence-electron chi connectivity index (χ1n) is 8.96. The molecular formula is C20H22ClN3OS. The molecule has 0 aliphatic carbocycles. The topological polar surface area (TPSA) is 38.1 Å². The van der Waals surface area contributed by atoms with Gasteiger partial charge in [0, 0.05) is 23.5 Å². The number of carbonyl (C=O) groups is 1. The number of hydrogen-bond donors (Lipinski definition) is 0. The second-order valence-corrected chi connectivity index (χ2v) is 8.93. The number of aryl methyl sites for hydroxylation is 1. The molecule has 0 saturated carbocycles. The standard InChI is InChI=1S/C20H22ClN3OS/c1-12-8-13(2)11-23(10-12)19(25)18-9-17-14(3)22-24(20(17)26-18)16-6-4-15(21)5-7-16/h4-7,9,12-13H,8,10-11H2,1-3H3/t12-,13+. The fourth-order valence-electron chi connectivity index (χ4n) is 3.89. The van der Waals surface area contributed by atoms with Crippen molar-refractivity contribution in [1.82, 2.24) is 14.7 Å². The van der Waals surface area contributed by atoms with Gasteiger partial charge in [-0.15, -0.1) is 11.3 Å². The van der Waals surface area contributed by atoms with Crippen molar-refractivity contribution in [2.75, 3.05) is 13.1 Å². The molecule has 0 radical (unpaired) electrons. The van der Waals surface area contributed by atoms with Crippen LogP contribution >= 0.6 is 22.9 Å². The zero-order valence-electron chi connectivity index (χ0n) is 15.2. The lowest BCUT2D eigenvalue weighted by atomic mass is 9.92. The Hall–Kier alpha value is -1.85. The molecule has 6 heteroatoms. The summed E-state index contributed by atoms with van der Waals surface area (Å²) in [5, 5.41) is 6.39. The molecule has 4 rings (SSSR count). The second kappa shape index (κ2) is 6.71. The molecule has 1 saturated heterocycles. The maximum Gasteiger partial charge on any atom is 0.264 e. The van der Waals surface area contributed by atoms with Crippen LogP contribution in [0.25, 0.3) is 15.9 Å². The van der Waals surface area contributed by atoms with Gasteiger partial charge in [-0.25, -0.2) is 4.68 Å². The van der Waals surface area contributed by atoms with Crippen molar-refractivity contribution in [1.29, 1.82) is 0 Å². The smallest absolute Gasteiger partial charge is 0.264 e. The maximum atomic E-state index is 13.1. The van der Waals surface area contributed by atoms with Crippen LogP contribution in [0.15, 0.2) is 30.3 Å². The van der Waals surface area contributed by atoms with Crippen molar-refractivity contribution in [3.05, 3.63) is 45.9 Å². The lowest BCUT2D eigenvalue weighted by Crippen LogP contribution is -2.42. The van der Waals surface area contributed by atoms with E-state index < -0.39 is 0 Å². The second-order valence-electron chi connectivity index (χ2n) is 7.46. The molecule has 0 unspecified atom stereocenters. The van der Waals surface area contributed by atoms with Gasteiger partial charge in [0.25, 0.3) is 5.91 Å². The number of thiophene rings is 1. The molecule has 1 aliphatic heterocycles. The monoisotopic (exact) mass is 387 g/mol. The lowest BCUT2D eigenvalue weighted by Gasteiger charge is -2.34. The molecule has 1 amide bonds. The number of nitrogens with zero attached hydrogens (tertiary/aromatic N) is 3. The minimum atomic E-state index is 0.145.